The topological polar surface area (TPSA) is 113 Å². The number of anilines is 3. The predicted molar refractivity (Wildman–Crippen MR) is 139 cm³/mol. The van der Waals surface area contributed by atoms with E-state index in [0.29, 0.717) is 28.7 Å². The maximum atomic E-state index is 13.4. The fraction of sp³-hybridized carbons (Fsp3) is 0.111. The molecule has 0 radical (unpaired) electrons. The summed E-state index contributed by atoms with van der Waals surface area (Å²) in [5.74, 6) is -0.841. The number of nitrogen functional groups attached to an aromatic ring is 1. The molecule has 0 aliphatic rings. The quantitative estimate of drug-likeness (QED) is 0.242. The largest absolute Gasteiger partial charge is 0.417 e. The molecule has 2 aromatic carbocycles. The van der Waals surface area contributed by atoms with Crippen molar-refractivity contribution in [3.8, 4) is 11.1 Å². The number of rotatable bonds is 6. The number of alkyl halides is 3. The third kappa shape index (κ3) is 5.35. The number of aromatic amines is 1. The average molecular weight is 536 g/mol. The minimum atomic E-state index is -4.69. The molecular weight excluding hydrogens is 514 g/mol. The summed E-state index contributed by atoms with van der Waals surface area (Å²) in [5, 5.41) is 10.4. The van der Waals surface area contributed by atoms with Crippen molar-refractivity contribution < 1.29 is 22.4 Å². The van der Waals surface area contributed by atoms with Crippen LogP contribution < -0.4 is 16.0 Å². The second-order valence-corrected chi connectivity index (χ2v) is 8.74. The molecule has 0 saturated carbocycles. The lowest BCUT2D eigenvalue weighted by Gasteiger charge is -2.20. The van der Waals surface area contributed by atoms with Crippen molar-refractivity contribution in [1.29, 1.82) is 0 Å². The summed E-state index contributed by atoms with van der Waals surface area (Å²) >= 11 is 0. The van der Waals surface area contributed by atoms with E-state index in [-0.39, 0.29) is 17.9 Å². The zero-order valence-electron chi connectivity index (χ0n) is 20.4. The first kappa shape index (κ1) is 25.6. The lowest BCUT2D eigenvalue weighted by atomic mass is 10.0. The Balaban J connectivity index is 1.38. The van der Waals surface area contributed by atoms with Crippen molar-refractivity contribution in [2.24, 2.45) is 0 Å². The van der Waals surface area contributed by atoms with Crippen LogP contribution in [0.2, 0.25) is 0 Å². The molecule has 5 rings (SSSR count). The van der Waals surface area contributed by atoms with E-state index in [0.717, 1.165) is 39.8 Å². The number of aromatic nitrogens is 4. The maximum absolute atomic E-state index is 13.4. The van der Waals surface area contributed by atoms with Crippen LogP contribution >= 0.6 is 0 Å². The fourth-order valence-electron chi connectivity index (χ4n) is 3.96. The lowest BCUT2D eigenvalue weighted by Crippen LogP contribution is -2.28. The number of carbonyl (C=O) groups excluding carboxylic acids is 1. The Morgan fingerprint density at radius 2 is 1.72 bits per heavy atom. The van der Waals surface area contributed by atoms with Gasteiger partial charge >= 0.3 is 6.18 Å². The Labute approximate surface area is 219 Å². The number of halogens is 4. The molecule has 1 amide bonds. The molecule has 8 nitrogen and oxygen atoms in total. The summed E-state index contributed by atoms with van der Waals surface area (Å²) in [4.78, 5) is 22.5. The maximum Gasteiger partial charge on any atom is 0.417 e. The molecule has 0 aliphatic carbocycles. The summed E-state index contributed by atoms with van der Waals surface area (Å²) in [6.07, 6.45) is -2.34. The van der Waals surface area contributed by atoms with E-state index in [9.17, 15) is 22.4 Å². The number of nitrogens with zero attached hydrogens (tertiary/aromatic N) is 4. The highest BCUT2D eigenvalue weighted by Crippen LogP contribution is 2.32. The molecular formula is C27H21F4N7O. The molecule has 3 heterocycles. The highest BCUT2D eigenvalue weighted by atomic mass is 19.4. The van der Waals surface area contributed by atoms with Gasteiger partial charge in [-0.05, 0) is 47.5 Å². The molecule has 198 valence electrons. The van der Waals surface area contributed by atoms with E-state index in [2.05, 4.69) is 25.5 Å². The van der Waals surface area contributed by atoms with Gasteiger partial charge in [0.15, 0.2) is 5.65 Å². The van der Waals surface area contributed by atoms with Crippen molar-refractivity contribution in [3.63, 3.8) is 0 Å². The van der Waals surface area contributed by atoms with Crippen molar-refractivity contribution in [1.82, 2.24) is 20.2 Å². The number of amides is 1. The first-order valence-electron chi connectivity index (χ1n) is 11.6. The number of pyridine rings is 2. The van der Waals surface area contributed by atoms with Crippen molar-refractivity contribution >= 4 is 34.3 Å². The minimum Gasteiger partial charge on any atom is -0.384 e. The van der Waals surface area contributed by atoms with Gasteiger partial charge in [0.05, 0.1) is 16.5 Å². The van der Waals surface area contributed by atoms with Gasteiger partial charge in [-0.25, -0.2) is 14.4 Å². The normalized spacial score (nSPS) is 11.5. The summed E-state index contributed by atoms with van der Waals surface area (Å²) in [5.41, 5.74) is 7.88. The molecule has 0 unspecified atom stereocenters. The standard InChI is InChI=1S/C27H21F4N7O/c1-38(20-8-6-19(28)7-9-20)26(39)22-11-18(27(29,30)31)14-35-24(22)33-12-15-2-4-16(5-3-15)17-10-21-23(32)36-37-25(21)34-13-17/h2-11,13-14H,12H2,1H3,(H,33,35)(H3,32,34,36,37). The Morgan fingerprint density at radius 1 is 1.00 bits per heavy atom. The second kappa shape index (κ2) is 10.0. The van der Waals surface area contributed by atoms with E-state index in [1.165, 1.54) is 19.2 Å². The van der Waals surface area contributed by atoms with Crippen LogP contribution in [0.25, 0.3) is 22.2 Å². The molecule has 3 aromatic heterocycles. The van der Waals surface area contributed by atoms with Gasteiger partial charge in [-0.2, -0.15) is 18.3 Å². The summed E-state index contributed by atoms with van der Waals surface area (Å²) in [6, 6.07) is 15.1. The summed E-state index contributed by atoms with van der Waals surface area (Å²) in [6.45, 7) is 0.186. The number of hydrogen-bond donors (Lipinski definition) is 3. The predicted octanol–water partition coefficient (Wildman–Crippen LogP) is 5.65. The number of carbonyl (C=O) groups is 1. The van der Waals surface area contributed by atoms with E-state index < -0.39 is 23.5 Å². The Kier molecular flexibility index (Phi) is 6.60. The van der Waals surface area contributed by atoms with Crippen LogP contribution in [0.3, 0.4) is 0 Å². The first-order chi connectivity index (χ1) is 18.6. The van der Waals surface area contributed by atoms with Crippen LogP contribution in [0.15, 0.2) is 73.1 Å². The number of H-pyrrole nitrogens is 1. The molecule has 0 aliphatic heterocycles. The van der Waals surface area contributed by atoms with E-state index in [1.807, 2.05) is 30.3 Å². The lowest BCUT2D eigenvalue weighted by molar-refractivity contribution is -0.137. The Morgan fingerprint density at radius 3 is 2.41 bits per heavy atom. The fourth-order valence-corrected chi connectivity index (χ4v) is 3.96. The van der Waals surface area contributed by atoms with Gasteiger partial charge in [-0.3, -0.25) is 9.89 Å². The molecule has 4 N–H and O–H groups in total. The first-order valence-corrected chi connectivity index (χ1v) is 11.6. The van der Waals surface area contributed by atoms with Gasteiger partial charge in [0.1, 0.15) is 17.5 Å². The monoisotopic (exact) mass is 535 g/mol. The number of benzene rings is 2. The van der Waals surface area contributed by atoms with Crippen LogP contribution in [0.1, 0.15) is 21.5 Å². The number of nitrogens with two attached hydrogens (primary N) is 1. The molecule has 5 aromatic rings. The van der Waals surface area contributed by atoms with Gasteiger partial charge in [0.25, 0.3) is 5.91 Å². The summed E-state index contributed by atoms with van der Waals surface area (Å²) in [7, 11) is 1.39. The van der Waals surface area contributed by atoms with Crippen LogP contribution in [0, 0.1) is 5.82 Å². The minimum absolute atomic E-state index is 0.0175. The van der Waals surface area contributed by atoms with Crippen molar-refractivity contribution in [2.75, 3.05) is 23.0 Å². The molecule has 0 atom stereocenters. The van der Waals surface area contributed by atoms with Crippen LogP contribution in [0.5, 0.6) is 0 Å². The van der Waals surface area contributed by atoms with Crippen molar-refractivity contribution in [3.05, 3.63) is 95.6 Å². The van der Waals surface area contributed by atoms with Gasteiger partial charge in [-0.15, -0.1) is 0 Å². The molecule has 0 spiro atoms. The Hall–Kier alpha value is -5.00. The Bertz CT molecular complexity index is 1650. The van der Waals surface area contributed by atoms with Gasteiger partial charge < -0.3 is 16.0 Å². The highest BCUT2D eigenvalue weighted by Gasteiger charge is 2.33. The number of nitrogens with one attached hydrogen (secondary N) is 2. The molecule has 12 heteroatoms. The molecule has 0 bridgehead atoms. The summed E-state index contributed by atoms with van der Waals surface area (Å²) < 4.78 is 53.5. The van der Waals surface area contributed by atoms with Crippen LogP contribution in [-0.4, -0.2) is 33.1 Å². The van der Waals surface area contributed by atoms with E-state index in [1.54, 1.807) is 6.20 Å². The van der Waals surface area contributed by atoms with Crippen molar-refractivity contribution in [2.45, 2.75) is 12.7 Å². The van der Waals surface area contributed by atoms with Crippen LogP contribution in [-0.2, 0) is 12.7 Å². The van der Waals surface area contributed by atoms with E-state index in [4.69, 9.17) is 5.73 Å². The smallest absolute Gasteiger partial charge is 0.384 e. The zero-order valence-corrected chi connectivity index (χ0v) is 20.4. The zero-order chi connectivity index (χ0) is 27.7. The number of hydrogen-bond acceptors (Lipinski definition) is 6. The van der Waals surface area contributed by atoms with E-state index >= 15 is 0 Å². The van der Waals surface area contributed by atoms with Gasteiger partial charge in [0.2, 0.25) is 0 Å². The second-order valence-electron chi connectivity index (χ2n) is 8.74. The molecule has 39 heavy (non-hydrogen) atoms. The molecule has 0 saturated heterocycles. The average Bonchev–Trinajstić information content (AvgIpc) is 3.31. The van der Waals surface area contributed by atoms with Gasteiger partial charge in [0, 0.05) is 37.2 Å². The van der Waals surface area contributed by atoms with Crippen LogP contribution in [0.4, 0.5) is 34.9 Å². The number of fused-ring (bicyclic) bond motifs is 1. The SMILES string of the molecule is CN(C(=O)c1cc(C(F)(F)F)cnc1NCc1ccc(-c2cnc3n[nH]c(N)c3c2)cc1)c1ccc(F)cc1. The molecule has 0 fully saturated rings. The highest BCUT2D eigenvalue weighted by molar-refractivity contribution is 6.08. The third-order valence-corrected chi connectivity index (χ3v) is 6.15. The van der Waals surface area contributed by atoms with Gasteiger partial charge in [-0.1, -0.05) is 24.3 Å². The third-order valence-electron chi connectivity index (χ3n) is 6.15.